The Balaban J connectivity index is 1.37. The van der Waals surface area contributed by atoms with E-state index in [0.717, 1.165) is 37.5 Å². The summed E-state index contributed by atoms with van der Waals surface area (Å²) in [5.41, 5.74) is -0.0596. The molecule has 6 nitrogen and oxygen atoms in total. The SMILES string of the molecule is CCCCCCCC[C@H]1CC[C@H]2[C@@H]3C[C@@]4(N=NC(=S)N4N)[C@H]4C[C@@H](OC(C)=O)CC[C@]4(C)[C@H]3CC[C@]12C. The molecule has 1 heterocycles. The summed E-state index contributed by atoms with van der Waals surface area (Å²) < 4.78 is 5.75. The van der Waals surface area contributed by atoms with E-state index in [9.17, 15) is 4.79 Å². The van der Waals surface area contributed by atoms with Gasteiger partial charge in [0.05, 0.1) is 0 Å². The summed E-state index contributed by atoms with van der Waals surface area (Å²) >= 11 is 5.55. The van der Waals surface area contributed by atoms with Crippen molar-refractivity contribution in [2.45, 2.75) is 136 Å². The molecule has 0 aromatic rings. The molecule has 0 saturated heterocycles. The van der Waals surface area contributed by atoms with Gasteiger partial charge in [0.2, 0.25) is 5.11 Å². The number of nitrogens with zero attached hydrogens (tertiary/aromatic N) is 3. The van der Waals surface area contributed by atoms with Crippen molar-refractivity contribution in [2.75, 3.05) is 0 Å². The van der Waals surface area contributed by atoms with Gasteiger partial charge in [0.25, 0.3) is 0 Å². The quantitative estimate of drug-likeness (QED) is 0.152. The molecule has 7 heteroatoms. The van der Waals surface area contributed by atoms with Crippen LogP contribution >= 0.6 is 12.2 Å². The average Bonchev–Trinajstić information content (AvgIpc) is 3.34. The molecule has 208 valence electrons. The summed E-state index contributed by atoms with van der Waals surface area (Å²) in [4.78, 5) is 11.8. The van der Waals surface area contributed by atoms with Crippen LogP contribution in [0.25, 0.3) is 0 Å². The first-order chi connectivity index (χ1) is 17.7. The first kappa shape index (κ1) is 27.5. The van der Waals surface area contributed by atoms with Crippen molar-refractivity contribution >= 4 is 23.3 Å². The van der Waals surface area contributed by atoms with E-state index < -0.39 is 5.66 Å². The lowest BCUT2D eigenvalue weighted by Crippen LogP contribution is -2.68. The van der Waals surface area contributed by atoms with Crippen molar-refractivity contribution in [1.82, 2.24) is 5.01 Å². The highest BCUT2D eigenvalue weighted by Gasteiger charge is 2.68. The number of hydrogen-bond acceptors (Lipinski definition) is 5. The molecule has 0 aromatic carbocycles. The zero-order valence-corrected chi connectivity index (χ0v) is 24.5. The van der Waals surface area contributed by atoms with Gasteiger partial charge in [-0.15, -0.1) is 5.11 Å². The third-order valence-electron chi connectivity index (χ3n) is 12.0. The number of esters is 1. The molecule has 4 aliphatic carbocycles. The summed E-state index contributed by atoms with van der Waals surface area (Å²) in [5.74, 6) is 9.59. The standard InChI is InChI=1S/C30H50N4O2S/c1-5-6-7-8-9-10-11-21-12-13-24-23-19-30(33-32-27(37)34(30)31)26-18-22(36-20(2)35)14-16-29(26,4)25(23)15-17-28(21,24)3/h21-26H,5-19,31H2,1-4H3/t21-,22-,23-,24-,25-,26-,28+,29+,30-/m0/s1. The Hall–Kier alpha value is -1.08. The third-order valence-corrected chi connectivity index (χ3v) is 12.3. The summed E-state index contributed by atoms with van der Waals surface area (Å²) in [7, 11) is 0. The summed E-state index contributed by atoms with van der Waals surface area (Å²) in [6.07, 6.45) is 18.7. The maximum absolute atomic E-state index is 11.8. The van der Waals surface area contributed by atoms with Crippen molar-refractivity contribution in [2.24, 2.45) is 56.5 Å². The van der Waals surface area contributed by atoms with E-state index in [1.54, 1.807) is 5.01 Å². The lowest BCUT2D eigenvalue weighted by Gasteiger charge is -2.65. The Labute approximate surface area is 229 Å². The second-order valence-electron chi connectivity index (χ2n) is 13.8. The summed E-state index contributed by atoms with van der Waals surface area (Å²) in [6.45, 7) is 8.94. The van der Waals surface area contributed by atoms with Crippen LogP contribution in [-0.4, -0.2) is 27.9 Å². The fraction of sp³-hybridized carbons (Fsp3) is 0.933. The van der Waals surface area contributed by atoms with Gasteiger partial charge in [0.15, 0.2) is 5.66 Å². The smallest absolute Gasteiger partial charge is 0.302 e. The number of carbonyl (C=O) groups excluding carboxylic acids is 1. The maximum atomic E-state index is 11.8. The van der Waals surface area contributed by atoms with Crippen LogP contribution in [0.4, 0.5) is 0 Å². The molecule has 0 amide bonds. The minimum Gasteiger partial charge on any atom is -0.463 e. The Kier molecular flexibility index (Phi) is 7.78. The van der Waals surface area contributed by atoms with Crippen LogP contribution in [0.3, 0.4) is 0 Å². The van der Waals surface area contributed by atoms with Crippen LogP contribution in [0.1, 0.15) is 124 Å². The number of carbonyl (C=O) groups is 1. The molecule has 0 aromatic heterocycles. The molecule has 1 spiro atoms. The summed E-state index contributed by atoms with van der Waals surface area (Å²) in [5, 5.41) is 11.4. The van der Waals surface area contributed by atoms with Gasteiger partial charge in [-0.3, -0.25) is 9.80 Å². The van der Waals surface area contributed by atoms with Crippen molar-refractivity contribution in [3.05, 3.63) is 0 Å². The van der Waals surface area contributed by atoms with E-state index in [1.165, 1.54) is 77.6 Å². The van der Waals surface area contributed by atoms with Gasteiger partial charge in [-0.2, -0.15) is 5.11 Å². The van der Waals surface area contributed by atoms with E-state index >= 15 is 0 Å². The van der Waals surface area contributed by atoms with Gasteiger partial charge < -0.3 is 4.74 Å². The highest BCUT2D eigenvalue weighted by Crippen LogP contribution is 2.70. The molecule has 4 saturated carbocycles. The van der Waals surface area contributed by atoms with Crippen LogP contribution in [0.15, 0.2) is 10.2 Å². The highest BCUT2D eigenvalue weighted by atomic mass is 32.1. The van der Waals surface area contributed by atoms with E-state index in [4.69, 9.17) is 27.9 Å². The van der Waals surface area contributed by atoms with E-state index in [0.29, 0.717) is 22.4 Å². The number of fused-ring (bicyclic) bond motifs is 6. The van der Waals surface area contributed by atoms with Crippen LogP contribution in [0.2, 0.25) is 0 Å². The van der Waals surface area contributed by atoms with E-state index in [1.807, 2.05) is 0 Å². The van der Waals surface area contributed by atoms with Gasteiger partial charge in [0, 0.05) is 12.8 Å². The number of hydrogen-bond donors (Lipinski definition) is 1. The van der Waals surface area contributed by atoms with Gasteiger partial charge in [0.1, 0.15) is 6.10 Å². The molecule has 9 atom stereocenters. The first-order valence-electron chi connectivity index (χ1n) is 15.3. The molecular weight excluding hydrogens is 480 g/mol. The number of unbranched alkanes of at least 4 members (excludes halogenated alkanes) is 5. The average molecular weight is 531 g/mol. The lowest BCUT2D eigenvalue weighted by molar-refractivity contribution is -0.188. The monoisotopic (exact) mass is 530 g/mol. The van der Waals surface area contributed by atoms with Gasteiger partial charge in [-0.1, -0.05) is 59.3 Å². The topological polar surface area (TPSA) is 80.3 Å². The third kappa shape index (κ3) is 4.58. The van der Waals surface area contributed by atoms with Crippen LogP contribution < -0.4 is 5.84 Å². The van der Waals surface area contributed by atoms with Gasteiger partial charge >= 0.3 is 5.97 Å². The van der Waals surface area contributed by atoms with Crippen molar-refractivity contribution < 1.29 is 9.53 Å². The molecule has 0 unspecified atom stereocenters. The number of rotatable bonds is 8. The molecule has 5 aliphatic rings. The summed E-state index contributed by atoms with van der Waals surface area (Å²) in [6, 6.07) is 0. The van der Waals surface area contributed by atoms with Crippen molar-refractivity contribution in [3.8, 4) is 0 Å². The Morgan fingerprint density at radius 3 is 2.46 bits per heavy atom. The first-order valence-corrected chi connectivity index (χ1v) is 15.8. The molecule has 0 radical (unpaired) electrons. The highest BCUT2D eigenvalue weighted by molar-refractivity contribution is 7.80. The number of ether oxygens (including phenoxy) is 1. The number of nitrogens with two attached hydrogens (primary N) is 1. The normalized spacial score (nSPS) is 44.6. The molecule has 1 aliphatic heterocycles. The van der Waals surface area contributed by atoms with Crippen LogP contribution in [0, 0.1) is 40.4 Å². The van der Waals surface area contributed by atoms with E-state index in [-0.39, 0.29) is 23.4 Å². The van der Waals surface area contributed by atoms with Crippen LogP contribution in [0.5, 0.6) is 0 Å². The lowest BCUT2D eigenvalue weighted by atomic mass is 9.42. The predicted octanol–water partition coefficient (Wildman–Crippen LogP) is 7.56. The van der Waals surface area contributed by atoms with Crippen molar-refractivity contribution in [3.63, 3.8) is 0 Å². The molecular formula is C30H50N4O2S. The minimum absolute atomic E-state index is 0.0659. The zero-order chi connectivity index (χ0) is 26.4. The Morgan fingerprint density at radius 1 is 1.05 bits per heavy atom. The van der Waals surface area contributed by atoms with Gasteiger partial charge in [-0.05, 0) is 105 Å². The maximum Gasteiger partial charge on any atom is 0.302 e. The minimum atomic E-state index is -0.596. The predicted molar refractivity (Wildman–Crippen MR) is 150 cm³/mol. The second kappa shape index (κ2) is 10.5. The molecule has 0 bridgehead atoms. The molecule has 5 rings (SSSR count). The van der Waals surface area contributed by atoms with E-state index in [2.05, 4.69) is 25.9 Å². The Morgan fingerprint density at radius 2 is 1.76 bits per heavy atom. The molecule has 4 fully saturated rings. The molecule has 37 heavy (non-hydrogen) atoms. The number of hydrazine groups is 1. The Bertz CT molecular complexity index is 912. The fourth-order valence-electron chi connectivity index (χ4n) is 10.2. The van der Waals surface area contributed by atoms with Gasteiger partial charge in [-0.25, -0.2) is 5.84 Å². The number of azo groups is 1. The second-order valence-corrected chi connectivity index (χ2v) is 14.1. The largest absolute Gasteiger partial charge is 0.463 e. The number of thiocarbonyl (C=S) groups is 1. The molecule has 2 N–H and O–H groups in total. The fourth-order valence-corrected chi connectivity index (χ4v) is 10.4. The van der Waals surface area contributed by atoms with Crippen molar-refractivity contribution in [1.29, 1.82) is 0 Å². The zero-order valence-electron chi connectivity index (χ0n) is 23.7. The van der Waals surface area contributed by atoms with Crippen LogP contribution in [-0.2, 0) is 9.53 Å².